The van der Waals surface area contributed by atoms with E-state index in [1.54, 1.807) is 0 Å². The van der Waals surface area contributed by atoms with Gasteiger partial charge in [-0.2, -0.15) is 9.61 Å². The standard InChI is InChI=1S/C22H30N6O.ClH/c1-15(2)18-13-26-28-21(25-11-16-6-4-3-5-7-16)10-20(27-22(18)28)24-12-17-8-9-23-14-19(17)29;/h3-7,10,13,15,17,19,23,25,29H,8-9,11-12,14H2,1-2H3,(H,24,27);1H/t17-,19+;/m0./s1. The van der Waals surface area contributed by atoms with Crippen LogP contribution in [-0.2, 0) is 6.54 Å². The van der Waals surface area contributed by atoms with Gasteiger partial charge in [-0.15, -0.1) is 12.4 Å². The molecule has 1 aliphatic rings. The molecule has 4 rings (SSSR count). The van der Waals surface area contributed by atoms with Crippen LogP contribution in [0.5, 0.6) is 0 Å². The van der Waals surface area contributed by atoms with Gasteiger partial charge in [0.15, 0.2) is 5.65 Å². The number of aliphatic hydroxyl groups is 1. The molecular formula is C22H31ClN6O. The summed E-state index contributed by atoms with van der Waals surface area (Å²) >= 11 is 0. The number of aliphatic hydroxyl groups excluding tert-OH is 1. The Morgan fingerprint density at radius 2 is 2.03 bits per heavy atom. The van der Waals surface area contributed by atoms with E-state index in [4.69, 9.17) is 4.98 Å². The monoisotopic (exact) mass is 430 g/mol. The predicted octanol–water partition coefficient (Wildman–Crippen LogP) is 3.27. The first kappa shape index (κ1) is 22.3. The number of hydrogen-bond donors (Lipinski definition) is 4. The van der Waals surface area contributed by atoms with Crippen molar-refractivity contribution in [3.8, 4) is 0 Å². The highest BCUT2D eigenvalue weighted by molar-refractivity contribution is 5.85. The maximum Gasteiger partial charge on any atom is 0.163 e. The van der Waals surface area contributed by atoms with Crippen LogP contribution in [0.4, 0.5) is 11.6 Å². The third kappa shape index (κ3) is 5.03. The predicted molar refractivity (Wildman–Crippen MR) is 124 cm³/mol. The number of hydrogen-bond acceptors (Lipinski definition) is 6. The van der Waals surface area contributed by atoms with E-state index in [1.165, 1.54) is 5.56 Å². The lowest BCUT2D eigenvalue weighted by molar-refractivity contribution is 0.0883. The van der Waals surface area contributed by atoms with Crippen LogP contribution in [0.3, 0.4) is 0 Å². The highest BCUT2D eigenvalue weighted by Gasteiger charge is 2.23. The molecule has 7 nitrogen and oxygen atoms in total. The summed E-state index contributed by atoms with van der Waals surface area (Å²) in [5.74, 6) is 2.27. The van der Waals surface area contributed by atoms with Crippen LogP contribution in [-0.4, -0.2) is 45.4 Å². The van der Waals surface area contributed by atoms with E-state index in [2.05, 4.69) is 47.0 Å². The van der Waals surface area contributed by atoms with Gasteiger partial charge in [-0.25, -0.2) is 4.98 Å². The number of anilines is 2. The number of rotatable bonds is 7. The SMILES string of the molecule is CC(C)c1cnn2c(NCc3ccccc3)cc(NC[C@@H]3CCNC[C@H]3O)nc12.Cl. The van der Waals surface area contributed by atoms with E-state index in [1.807, 2.05) is 35.0 Å². The third-order valence-electron chi connectivity index (χ3n) is 5.57. The average Bonchev–Trinajstić information content (AvgIpc) is 3.16. The number of aromatic nitrogens is 3. The largest absolute Gasteiger partial charge is 0.391 e. The number of piperidine rings is 1. The Bertz CT molecular complexity index is 945. The average molecular weight is 431 g/mol. The van der Waals surface area contributed by atoms with Crippen molar-refractivity contribution in [3.63, 3.8) is 0 Å². The molecule has 1 aliphatic heterocycles. The van der Waals surface area contributed by atoms with Crippen LogP contribution in [0.1, 0.15) is 37.3 Å². The molecule has 30 heavy (non-hydrogen) atoms. The van der Waals surface area contributed by atoms with Crippen molar-refractivity contribution in [2.24, 2.45) is 5.92 Å². The minimum absolute atomic E-state index is 0. The number of nitrogens with zero attached hydrogens (tertiary/aromatic N) is 3. The first-order chi connectivity index (χ1) is 14.1. The van der Waals surface area contributed by atoms with Crippen LogP contribution in [0, 0.1) is 5.92 Å². The second-order valence-corrected chi connectivity index (χ2v) is 8.06. The lowest BCUT2D eigenvalue weighted by atomic mass is 9.95. The summed E-state index contributed by atoms with van der Waals surface area (Å²) in [4.78, 5) is 4.83. The molecule has 0 saturated carbocycles. The molecule has 1 aromatic carbocycles. The lowest BCUT2D eigenvalue weighted by Gasteiger charge is -2.28. The van der Waals surface area contributed by atoms with Crippen molar-refractivity contribution in [2.75, 3.05) is 30.3 Å². The van der Waals surface area contributed by atoms with E-state index >= 15 is 0 Å². The first-order valence-electron chi connectivity index (χ1n) is 10.4. The number of fused-ring (bicyclic) bond motifs is 1. The Kier molecular flexibility index (Phi) is 7.53. The summed E-state index contributed by atoms with van der Waals surface area (Å²) in [5, 5.41) is 25.0. The normalized spacial score (nSPS) is 18.9. The number of benzene rings is 1. The van der Waals surface area contributed by atoms with Crippen LogP contribution < -0.4 is 16.0 Å². The molecule has 3 aromatic rings. The number of nitrogens with one attached hydrogen (secondary N) is 3. The molecule has 8 heteroatoms. The number of halogens is 1. The second kappa shape index (κ2) is 10.1. The molecule has 0 bridgehead atoms. The minimum Gasteiger partial charge on any atom is -0.391 e. The van der Waals surface area contributed by atoms with Gasteiger partial charge in [-0.05, 0) is 24.4 Å². The van der Waals surface area contributed by atoms with E-state index in [0.29, 0.717) is 25.6 Å². The minimum atomic E-state index is -0.322. The molecular weight excluding hydrogens is 400 g/mol. The zero-order valence-corrected chi connectivity index (χ0v) is 18.3. The number of β-amino-alcohol motifs (C(OH)–C–C–N with tert-alkyl or cyclic N) is 1. The Morgan fingerprint density at radius 3 is 2.77 bits per heavy atom. The second-order valence-electron chi connectivity index (χ2n) is 8.06. The molecule has 0 unspecified atom stereocenters. The van der Waals surface area contributed by atoms with Gasteiger partial charge in [0, 0.05) is 37.2 Å². The Morgan fingerprint density at radius 1 is 1.23 bits per heavy atom. The molecule has 0 aliphatic carbocycles. The highest BCUT2D eigenvalue weighted by atomic mass is 35.5. The molecule has 4 N–H and O–H groups in total. The van der Waals surface area contributed by atoms with Crippen LogP contribution in [0.2, 0.25) is 0 Å². The van der Waals surface area contributed by atoms with Crippen LogP contribution >= 0.6 is 12.4 Å². The Hall–Kier alpha value is -2.35. The summed E-state index contributed by atoms with van der Waals surface area (Å²) < 4.78 is 1.88. The van der Waals surface area contributed by atoms with Crippen LogP contribution in [0.15, 0.2) is 42.6 Å². The highest BCUT2D eigenvalue weighted by Crippen LogP contribution is 2.25. The summed E-state index contributed by atoms with van der Waals surface area (Å²) in [6.45, 7) is 7.32. The fraction of sp³-hybridized carbons (Fsp3) is 0.455. The Labute approximate surface area is 183 Å². The first-order valence-corrected chi connectivity index (χ1v) is 10.4. The molecule has 162 valence electrons. The van der Waals surface area contributed by atoms with Crippen molar-refractivity contribution in [2.45, 2.75) is 38.8 Å². The van der Waals surface area contributed by atoms with E-state index in [-0.39, 0.29) is 24.4 Å². The van der Waals surface area contributed by atoms with E-state index < -0.39 is 0 Å². The maximum atomic E-state index is 10.2. The zero-order chi connectivity index (χ0) is 20.2. The summed E-state index contributed by atoms with van der Waals surface area (Å²) in [7, 11) is 0. The topological polar surface area (TPSA) is 86.5 Å². The smallest absolute Gasteiger partial charge is 0.163 e. The van der Waals surface area contributed by atoms with Crippen molar-refractivity contribution in [1.29, 1.82) is 0 Å². The van der Waals surface area contributed by atoms with Gasteiger partial charge in [-0.1, -0.05) is 44.2 Å². The lowest BCUT2D eigenvalue weighted by Crippen LogP contribution is -2.43. The Balaban J connectivity index is 0.00000256. The molecule has 1 fully saturated rings. The maximum absolute atomic E-state index is 10.2. The molecule has 2 atom stereocenters. The summed E-state index contributed by atoms with van der Waals surface area (Å²) in [6, 6.07) is 12.3. The van der Waals surface area contributed by atoms with Gasteiger partial charge in [0.25, 0.3) is 0 Å². The van der Waals surface area contributed by atoms with E-state index in [0.717, 1.165) is 35.8 Å². The van der Waals surface area contributed by atoms with Gasteiger partial charge in [0.2, 0.25) is 0 Å². The van der Waals surface area contributed by atoms with Crippen LogP contribution in [0.25, 0.3) is 5.65 Å². The van der Waals surface area contributed by atoms with Crippen molar-refractivity contribution in [1.82, 2.24) is 19.9 Å². The zero-order valence-electron chi connectivity index (χ0n) is 17.5. The van der Waals surface area contributed by atoms with E-state index in [9.17, 15) is 5.11 Å². The van der Waals surface area contributed by atoms with Gasteiger partial charge in [0.1, 0.15) is 11.6 Å². The molecule has 0 radical (unpaired) electrons. The fourth-order valence-corrected chi connectivity index (χ4v) is 3.76. The van der Waals surface area contributed by atoms with Gasteiger partial charge in [0.05, 0.1) is 12.3 Å². The summed E-state index contributed by atoms with van der Waals surface area (Å²) in [6.07, 6.45) is 2.54. The fourth-order valence-electron chi connectivity index (χ4n) is 3.76. The molecule has 3 heterocycles. The third-order valence-corrected chi connectivity index (χ3v) is 5.57. The van der Waals surface area contributed by atoms with Gasteiger partial charge < -0.3 is 21.1 Å². The van der Waals surface area contributed by atoms with Gasteiger partial charge >= 0.3 is 0 Å². The molecule has 1 saturated heterocycles. The quantitative estimate of drug-likeness (QED) is 0.460. The van der Waals surface area contributed by atoms with Crippen molar-refractivity contribution in [3.05, 3.63) is 53.7 Å². The summed E-state index contributed by atoms with van der Waals surface area (Å²) in [5.41, 5.74) is 3.20. The molecule has 0 amide bonds. The van der Waals surface area contributed by atoms with Crippen molar-refractivity contribution < 1.29 is 5.11 Å². The van der Waals surface area contributed by atoms with Crippen molar-refractivity contribution >= 4 is 29.7 Å². The molecule has 0 spiro atoms. The molecule has 2 aromatic heterocycles. The van der Waals surface area contributed by atoms with Gasteiger partial charge in [-0.3, -0.25) is 0 Å².